The summed E-state index contributed by atoms with van der Waals surface area (Å²) in [6, 6.07) is 16.0. The Balaban J connectivity index is 2.11. The van der Waals surface area contributed by atoms with Crippen molar-refractivity contribution in [3.8, 4) is 0 Å². The van der Waals surface area contributed by atoms with Gasteiger partial charge < -0.3 is 30.4 Å². The van der Waals surface area contributed by atoms with Crippen LogP contribution in [-0.2, 0) is 46.6 Å². The van der Waals surface area contributed by atoms with E-state index in [1.54, 1.807) is 60.7 Å². The summed E-state index contributed by atoms with van der Waals surface area (Å²) in [5.41, 5.74) is 6.57. The molecule has 0 spiro atoms. The molecule has 0 saturated heterocycles. The molecule has 10 heteroatoms. The number of carbonyl (C=O) groups is 4. The molecule has 10 nitrogen and oxygen atoms in total. The number of primary amides is 1. The molecule has 3 atom stereocenters. The maximum absolute atomic E-state index is 12.8. The van der Waals surface area contributed by atoms with Crippen molar-refractivity contribution in [3.05, 3.63) is 71.8 Å². The highest BCUT2D eigenvalue weighted by Crippen LogP contribution is 2.10. The van der Waals surface area contributed by atoms with Crippen molar-refractivity contribution in [2.24, 2.45) is 5.73 Å². The third kappa shape index (κ3) is 8.36. The van der Waals surface area contributed by atoms with E-state index in [9.17, 15) is 24.3 Å². The molecule has 0 aliphatic carbocycles. The molecule has 2 aromatic rings. The van der Waals surface area contributed by atoms with Gasteiger partial charge in [-0.15, -0.1) is 0 Å². The Labute approximate surface area is 190 Å². The van der Waals surface area contributed by atoms with Crippen LogP contribution in [0, 0.1) is 0 Å². The van der Waals surface area contributed by atoms with Crippen molar-refractivity contribution in [1.82, 2.24) is 5.32 Å². The van der Waals surface area contributed by atoms with E-state index in [1.165, 1.54) is 0 Å². The predicted octanol–water partition coefficient (Wildman–Crippen LogP) is 0.209. The van der Waals surface area contributed by atoms with Gasteiger partial charge >= 0.3 is 11.9 Å². The molecule has 4 N–H and O–H groups in total. The summed E-state index contributed by atoms with van der Waals surface area (Å²) >= 11 is 0. The molecule has 2 aromatic carbocycles. The number of aliphatic hydroxyl groups excluding tert-OH is 1. The van der Waals surface area contributed by atoms with Gasteiger partial charge in [-0.05, 0) is 11.1 Å². The molecule has 0 aliphatic heterocycles. The zero-order valence-corrected chi connectivity index (χ0v) is 18.0. The Kier molecular flexibility index (Phi) is 10.00. The third-order valence-electron chi connectivity index (χ3n) is 4.49. The summed E-state index contributed by atoms with van der Waals surface area (Å²) in [7, 11) is 1.04. The van der Waals surface area contributed by atoms with Crippen molar-refractivity contribution >= 4 is 23.8 Å². The van der Waals surface area contributed by atoms with Gasteiger partial charge in [-0.1, -0.05) is 60.7 Å². The molecule has 33 heavy (non-hydrogen) atoms. The Bertz CT molecular complexity index is 936. The lowest BCUT2D eigenvalue weighted by molar-refractivity contribution is -0.167. The molecule has 0 unspecified atom stereocenters. The minimum atomic E-state index is -1.98. The lowest BCUT2D eigenvalue weighted by atomic mass is 10.1. The standard InChI is InChI=1S/C23H26N2O8/c1-31-23(30)19(27)20(32-13-15-8-4-2-5-9-15)21(28)25-17(12-18(24)26)22(29)33-14-16-10-6-3-7-11-16/h2-11,17,19-20,27H,12-14H2,1H3,(H2,24,26)(H,25,28)/t17-,19-,20-/m0/s1. The van der Waals surface area contributed by atoms with Crippen LogP contribution in [0.2, 0.25) is 0 Å². The zero-order valence-electron chi connectivity index (χ0n) is 18.0. The number of nitrogens with one attached hydrogen (secondary N) is 1. The second-order valence-electron chi connectivity index (χ2n) is 7.01. The first-order valence-corrected chi connectivity index (χ1v) is 10.0. The maximum Gasteiger partial charge on any atom is 0.338 e. The third-order valence-corrected chi connectivity index (χ3v) is 4.49. The van der Waals surface area contributed by atoms with Crippen LogP contribution in [0.1, 0.15) is 17.5 Å². The second kappa shape index (κ2) is 12.9. The topological polar surface area (TPSA) is 154 Å². The lowest BCUT2D eigenvalue weighted by Gasteiger charge is -2.24. The molecule has 176 valence electrons. The molecule has 2 amide bonds. The normalized spacial score (nSPS) is 13.3. The number of rotatable bonds is 12. The van der Waals surface area contributed by atoms with Crippen LogP contribution in [0.5, 0.6) is 0 Å². The van der Waals surface area contributed by atoms with E-state index in [1.807, 2.05) is 0 Å². The van der Waals surface area contributed by atoms with Crippen LogP contribution >= 0.6 is 0 Å². The Morgan fingerprint density at radius 3 is 1.97 bits per heavy atom. The average Bonchev–Trinajstić information content (AvgIpc) is 2.82. The van der Waals surface area contributed by atoms with E-state index >= 15 is 0 Å². The summed E-state index contributed by atoms with van der Waals surface area (Å²) in [6.45, 7) is -0.213. The number of amides is 2. The average molecular weight is 458 g/mol. The molecule has 0 bridgehead atoms. The lowest BCUT2D eigenvalue weighted by Crippen LogP contribution is -2.53. The van der Waals surface area contributed by atoms with Gasteiger partial charge in [0.2, 0.25) is 5.91 Å². The molecular formula is C23H26N2O8. The van der Waals surface area contributed by atoms with Gasteiger partial charge in [-0.3, -0.25) is 9.59 Å². The minimum Gasteiger partial charge on any atom is -0.467 e. The molecule has 0 aliphatic rings. The quantitative estimate of drug-likeness (QED) is 0.381. The molecule has 0 saturated carbocycles. The van der Waals surface area contributed by atoms with Crippen molar-refractivity contribution in [1.29, 1.82) is 0 Å². The predicted molar refractivity (Wildman–Crippen MR) is 115 cm³/mol. The fraction of sp³-hybridized carbons (Fsp3) is 0.304. The molecule has 0 radical (unpaired) electrons. The Morgan fingerprint density at radius 1 is 0.909 bits per heavy atom. The number of carbonyl (C=O) groups excluding carboxylic acids is 4. The highest BCUT2D eigenvalue weighted by atomic mass is 16.6. The van der Waals surface area contributed by atoms with Crippen molar-refractivity contribution < 1.29 is 38.5 Å². The molecule has 0 aromatic heterocycles. The van der Waals surface area contributed by atoms with Gasteiger partial charge in [0.15, 0.2) is 12.2 Å². The number of hydrogen-bond donors (Lipinski definition) is 3. The van der Waals surface area contributed by atoms with Crippen LogP contribution in [0.25, 0.3) is 0 Å². The summed E-state index contributed by atoms with van der Waals surface area (Å²) in [6.07, 6.45) is -4.26. The van der Waals surface area contributed by atoms with Gasteiger partial charge in [0, 0.05) is 0 Å². The number of aliphatic hydroxyl groups is 1. The number of methoxy groups -OCH3 is 1. The maximum atomic E-state index is 12.8. The summed E-state index contributed by atoms with van der Waals surface area (Å²) in [5.74, 6) is -3.92. The number of hydrogen-bond acceptors (Lipinski definition) is 8. The summed E-state index contributed by atoms with van der Waals surface area (Å²) < 4.78 is 15.1. The van der Waals surface area contributed by atoms with E-state index < -0.39 is 48.4 Å². The first-order valence-electron chi connectivity index (χ1n) is 10.0. The monoisotopic (exact) mass is 458 g/mol. The van der Waals surface area contributed by atoms with E-state index in [0.29, 0.717) is 11.1 Å². The van der Waals surface area contributed by atoms with E-state index in [-0.39, 0.29) is 13.2 Å². The minimum absolute atomic E-state index is 0.0937. The Hall–Kier alpha value is -3.76. The molecule has 2 rings (SSSR count). The van der Waals surface area contributed by atoms with Crippen LogP contribution < -0.4 is 11.1 Å². The fourth-order valence-electron chi connectivity index (χ4n) is 2.79. The van der Waals surface area contributed by atoms with Gasteiger partial charge in [-0.25, -0.2) is 9.59 Å². The second-order valence-corrected chi connectivity index (χ2v) is 7.01. The van der Waals surface area contributed by atoms with Crippen LogP contribution in [-0.4, -0.2) is 54.2 Å². The van der Waals surface area contributed by atoms with Gasteiger partial charge in [0.05, 0.1) is 20.1 Å². The van der Waals surface area contributed by atoms with Gasteiger partial charge in [0.25, 0.3) is 5.91 Å². The first kappa shape index (κ1) is 25.5. The summed E-state index contributed by atoms with van der Waals surface area (Å²) in [4.78, 5) is 48.6. The number of benzene rings is 2. The van der Waals surface area contributed by atoms with Crippen LogP contribution in [0.4, 0.5) is 0 Å². The molecule has 0 heterocycles. The molecular weight excluding hydrogens is 432 g/mol. The van der Waals surface area contributed by atoms with Crippen molar-refractivity contribution in [3.63, 3.8) is 0 Å². The van der Waals surface area contributed by atoms with Gasteiger partial charge in [-0.2, -0.15) is 0 Å². The zero-order chi connectivity index (χ0) is 24.2. The number of ether oxygens (including phenoxy) is 3. The Morgan fingerprint density at radius 2 is 1.45 bits per heavy atom. The number of nitrogens with two attached hydrogens (primary N) is 1. The number of esters is 2. The van der Waals surface area contributed by atoms with Crippen LogP contribution in [0.15, 0.2) is 60.7 Å². The highest BCUT2D eigenvalue weighted by molar-refractivity contribution is 5.93. The van der Waals surface area contributed by atoms with E-state index in [2.05, 4.69) is 10.1 Å². The molecule has 0 fully saturated rings. The largest absolute Gasteiger partial charge is 0.467 e. The van der Waals surface area contributed by atoms with E-state index in [4.69, 9.17) is 15.2 Å². The fourth-order valence-corrected chi connectivity index (χ4v) is 2.79. The van der Waals surface area contributed by atoms with Gasteiger partial charge in [0.1, 0.15) is 12.6 Å². The first-order chi connectivity index (χ1) is 15.8. The van der Waals surface area contributed by atoms with Crippen molar-refractivity contribution in [2.45, 2.75) is 37.9 Å². The highest BCUT2D eigenvalue weighted by Gasteiger charge is 2.36. The smallest absolute Gasteiger partial charge is 0.338 e. The van der Waals surface area contributed by atoms with Crippen LogP contribution in [0.3, 0.4) is 0 Å². The van der Waals surface area contributed by atoms with E-state index in [0.717, 1.165) is 7.11 Å². The van der Waals surface area contributed by atoms with Crippen molar-refractivity contribution in [2.75, 3.05) is 7.11 Å². The SMILES string of the molecule is COC(=O)[C@@H](O)[C@H](OCc1ccccc1)C(=O)N[C@@H](CC(N)=O)C(=O)OCc1ccccc1. The summed E-state index contributed by atoms with van der Waals surface area (Å²) in [5, 5.41) is 12.5.